The molecule has 0 aliphatic carbocycles. The molecular formula is C18H22N4O. The van der Waals surface area contributed by atoms with Gasteiger partial charge in [-0.05, 0) is 18.1 Å². The van der Waals surface area contributed by atoms with Gasteiger partial charge in [0.15, 0.2) is 0 Å². The van der Waals surface area contributed by atoms with Crippen LogP contribution in [0.3, 0.4) is 0 Å². The molecular weight excluding hydrogens is 288 g/mol. The molecule has 1 aromatic heterocycles. The lowest BCUT2D eigenvalue weighted by Gasteiger charge is -2.37. The molecule has 2 aliphatic rings. The van der Waals surface area contributed by atoms with Gasteiger partial charge in [0.1, 0.15) is 0 Å². The van der Waals surface area contributed by atoms with E-state index in [0.29, 0.717) is 18.8 Å². The van der Waals surface area contributed by atoms with E-state index in [9.17, 15) is 0 Å². The second-order valence-electron chi connectivity index (χ2n) is 6.30. The summed E-state index contributed by atoms with van der Waals surface area (Å²) in [5.74, 6) is 0.848. The zero-order valence-corrected chi connectivity index (χ0v) is 13.2. The van der Waals surface area contributed by atoms with Crippen LogP contribution in [0.1, 0.15) is 12.0 Å². The van der Waals surface area contributed by atoms with Crippen LogP contribution in [0.4, 0.5) is 5.95 Å². The number of ether oxygens (including phenoxy) is 1. The van der Waals surface area contributed by atoms with Crippen LogP contribution in [0.2, 0.25) is 0 Å². The minimum atomic E-state index is 0.330. The van der Waals surface area contributed by atoms with E-state index in [2.05, 4.69) is 44.0 Å². The molecule has 0 bridgehead atoms. The third kappa shape index (κ3) is 3.35. The Morgan fingerprint density at radius 3 is 2.65 bits per heavy atom. The van der Waals surface area contributed by atoms with Gasteiger partial charge in [-0.3, -0.25) is 4.90 Å². The highest BCUT2D eigenvalue weighted by atomic mass is 16.5. The molecule has 0 amide bonds. The first kappa shape index (κ1) is 14.6. The Hall–Kier alpha value is -1.98. The molecule has 0 unspecified atom stereocenters. The Morgan fingerprint density at radius 2 is 1.83 bits per heavy atom. The van der Waals surface area contributed by atoms with E-state index in [1.807, 2.05) is 24.5 Å². The van der Waals surface area contributed by atoms with Crippen molar-refractivity contribution in [3.8, 4) is 0 Å². The Balaban J connectivity index is 1.33. The third-order valence-electron chi connectivity index (χ3n) is 4.74. The lowest BCUT2D eigenvalue weighted by molar-refractivity contribution is 0.0469. The highest BCUT2D eigenvalue weighted by Crippen LogP contribution is 2.26. The Morgan fingerprint density at radius 1 is 1.00 bits per heavy atom. The normalized spacial score (nSPS) is 24.6. The van der Waals surface area contributed by atoms with Crippen LogP contribution in [0.5, 0.6) is 0 Å². The van der Waals surface area contributed by atoms with Gasteiger partial charge in [0.05, 0.1) is 12.7 Å². The fourth-order valence-corrected chi connectivity index (χ4v) is 3.54. The zero-order chi connectivity index (χ0) is 15.5. The number of rotatable bonds is 4. The van der Waals surface area contributed by atoms with Crippen molar-refractivity contribution < 1.29 is 4.74 Å². The maximum absolute atomic E-state index is 6.13. The van der Waals surface area contributed by atoms with Gasteiger partial charge < -0.3 is 9.64 Å². The molecule has 23 heavy (non-hydrogen) atoms. The summed E-state index contributed by atoms with van der Waals surface area (Å²) in [6, 6.07) is 12.8. The maximum atomic E-state index is 6.13. The Kier molecular flexibility index (Phi) is 4.22. The monoisotopic (exact) mass is 310 g/mol. The first-order chi connectivity index (χ1) is 11.4. The van der Waals surface area contributed by atoms with Crippen LogP contribution in [0.25, 0.3) is 0 Å². The van der Waals surface area contributed by atoms with E-state index in [1.165, 1.54) is 5.56 Å². The van der Waals surface area contributed by atoms with Crippen molar-refractivity contribution in [2.45, 2.75) is 25.2 Å². The largest absolute Gasteiger partial charge is 0.372 e. The van der Waals surface area contributed by atoms with Gasteiger partial charge >= 0.3 is 0 Å². The molecule has 0 spiro atoms. The fourth-order valence-electron chi connectivity index (χ4n) is 3.54. The molecule has 3 heterocycles. The SMILES string of the molecule is c1ccc(CO[C@@H]2C[C@H]3CN(c4ncccn4)CCN3C2)cc1. The number of anilines is 1. The number of hydrogen-bond donors (Lipinski definition) is 0. The van der Waals surface area contributed by atoms with Crippen LogP contribution in [-0.4, -0.2) is 53.2 Å². The number of hydrogen-bond acceptors (Lipinski definition) is 5. The van der Waals surface area contributed by atoms with Gasteiger partial charge in [-0.2, -0.15) is 0 Å². The molecule has 5 heteroatoms. The molecule has 0 N–H and O–H groups in total. The predicted molar refractivity (Wildman–Crippen MR) is 89.2 cm³/mol. The van der Waals surface area contributed by atoms with Crippen molar-refractivity contribution in [3.05, 3.63) is 54.4 Å². The first-order valence-electron chi connectivity index (χ1n) is 8.30. The molecule has 2 atom stereocenters. The number of nitrogens with zero attached hydrogens (tertiary/aromatic N) is 4. The van der Waals surface area contributed by atoms with Crippen molar-refractivity contribution in [1.82, 2.24) is 14.9 Å². The summed E-state index contributed by atoms with van der Waals surface area (Å²) in [6.45, 7) is 4.80. The van der Waals surface area contributed by atoms with Crippen LogP contribution in [0, 0.1) is 0 Å². The fraction of sp³-hybridized carbons (Fsp3) is 0.444. The molecule has 5 nitrogen and oxygen atoms in total. The smallest absolute Gasteiger partial charge is 0.225 e. The lowest BCUT2D eigenvalue weighted by atomic mass is 10.1. The summed E-state index contributed by atoms with van der Waals surface area (Å²) >= 11 is 0. The zero-order valence-electron chi connectivity index (χ0n) is 13.2. The molecule has 4 rings (SSSR count). The van der Waals surface area contributed by atoms with Gasteiger partial charge in [0.2, 0.25) is 5.95 Å². The van der Waals surface area contributed by atoms with Crippen LogP contribution in [-0.2, 0) is 11.3 Å². The van der Waals surface area contributed by atoms with Gasteiger partial charge in [0.25, 0.3) is 0 Å². The van der Waals surface area contributed by atoms with Crippen LogP contribution >= 0.6 is 0 Å². The highest BCUT2D eigenvalue weighted by Gasteiger charge is 2.37. The first-order valence-corrected chi connectivity index (χ1v) is 8.30. The van der Waals surface area contributed by atoms with Crippen LogP contribution < -0.4 is 4.90 Å². The summed E-state index contributed by atoms with van der Waals surface area (Å²) in [5.41, 5.74) is 1.25. The summed E-state index contributed by atoms with van der Waals surface area (Å²) in [4.78, 5) is 13.6. The topological polar surface area (TPSA) is 41.5 Å². The minimum Gasteiger partial charge on any atom is -0.372 e. The van der Waals surface area contributed by atoms with E-state index in [-0.39, 0.29) is 0 Å². The van der Waals surface area contributed by atoms with Gasteiger partial charge in [-0.1, -0.05) is 30.3 Å². The number of piperazine rings is 1. The third-order valence-corrected chi connectivity index (χ3v) is 4.74. The second kappa shape index (κ2) is 6.64. The predicted octanol–water partition coefficient (Wildman–Crippen LogP) is 1.96. The van der Waals surface area contributed by atoms with Crippen molar-refractivity contribution in [1.29, 1.82) is 0 Å². The summed E-state index contributed by atoms with van der Waals surface area (Å²) in [6.07, 6.45) is 5.05. The van der Waals surface area contributed by atoms with E-state index >= 15 is 0 Å². The molecule has 120 valence electrons. The van der Waals surface area contributed by atoms with Crippen LogP contribution in [0.15, 0.2) is 48.8 Å². The number of aromatic nitrogens is 2. The quantitative estimate of drug-likeness (QED) is 0.863. The molecule has 0 radical (unpaired) electrons. The van der Waals surface area contributed by atoms with Gasteiger partial charge in [0, 0.05) is 44.6 Å². The van der Waals surface area contributed by atoms with Crippen molar-refractivity contribution in [2.75, 3.05) is 31.1 Å². The molecule has 2 aromatic rings. The number of fused-ring (bicyclic) bond motifs is 1. The van der Waals surface area contributed by atoms with E-state index in [4.69, 9.17) is 4.74 Å². The average Bonchev–Trinajstić information content (AvgIpc) is 3.04. The number of benzene rings is 1. The lowest BCUT2D eigenvalue weighted by Crippen LogP contribution is -2.50. The summed E-state index contributed by atoms with van der Waals surface area (Å²) < 4.78 is 6.13. The Bertz CT molecular complexity index is 621. The maximum Gasteiger partial charge on any atom is 0.225 e. The summed E-state index contributed by atoms with van der Waals surface area (Å²) in [7, 11) is 0. The molecule has 0 saturated carbocycles. The van der Waals surface area contributed by atoms with E-state index < -0.39 is 0 Å². The molecule has 2 fully saturated rings. The van der Waals surface area contributed by atoms with Crippen molar-refractivity contribution >= 4 is 5.95 Å². The molecule has 2 saturated heterocycles. The molecule has 2 aliphatic heterocycles. The Labute approximate surface area is 136 Å². The van der Waals surface area contributed by atoms with Crippen molar-refractivity contribution in [3.63, 3.8) is 0 Å². The van der Waals surface area contributed by atoms with Crippen molar-refractivity contribution in [2.24, 2.45) is 0 Å². The van der Waals surface area contributed by atoms with E-state index in [1.54, 1.807) is 0 Å². The van der Waals surface area contributed by atoms with Gasteiger partial charge in [-0.15, -0.1) is 0 Å². The molecule has 1 aromatic carbocycles. The average molecular weight is 310 g/mol. The minimum absolute atomic E-state index is 0.330. The van der Waals surface area contributed by atoms with E-state index in [0.717, 1.165) is 38.5 Å². The van der Waals surface area contributed by atoms with Gasteiger partial charge in [-0.25, -0.2) is 9.97 Å². The highest BCUT2D eigenvalue weighted by molar-refractivity contribution is 5.30. The second-order valence-corrected chi connectivity index (χ2v) is 6.30. The standard InChI is InChI=1S/C18H22N4O/c1-2-5-15(6-3-1)14-23-17-11-16-12-22(10-9-21(16)13-17)18-19-7-4-8-20-18/h1-8,16-17H,9-14H2/t16-,17+/m0/s1. The summed E-state index contributed by atoms with van der Waals surface area (Å²) in [5, 5.41) is 0.